The van der Waals surface area contributed by atoms with Gasteiger partial charge in [-0.05, 0) is 10.8 Å². The molecule has 0 aliphatic carbocycles. The molecule has 0 aliphatic heterocycles. The Labute approximate surface area is 98.1 Å². The predicted octanol–water partition coefficient (Wildman–Crippen LogP) is 2.95. The lowest BCUT2D eigenvalue weighted by Gasteiger charge is -2.04. The average molecular weight is 230 g/mol. The van der Waals surface area contributed by atoms with Crippen LogP contribution in [0, 0.1) is 0 Å². The average Bonchev–Trinajstić information content (AvgIpc) is 2.37. The largest absolute Gasteiger partial charge is 0.296 e. The third-order valence-electron chi connectivity index (χ3n) is 2.60. The highest BCUT2D eigenvalue weighted by Crippen LogP contribution is 2.19. The SMILES string of the molecule is O=C(CF)CC(=O)c1cccc2ccccc12. The lowest BCUT2D eigenvalue weighted by atomic mass is 9.99. The molecule has 0 saturated carbocycles. The highest BCUT2D eigenvalue weighted by molar-refractivity contribution is 6.14. The molecule has 0 saturated heterocycles. The molecule has 0 N–H and O–H groups in total. The number of carbonyl (C=O) groups is 2. The van der Waals surface area contributed by atoms with Crippen LogP contribution in [0.15, 0.2) is 42.5 Å². The first kappa shape index (κ1) is 11.5. The summed E-state index contributed by atoms with van der Waals surface area (Å²) in [5, 5.41) is 1.73. The van der Waals surface area contributed by atoms with Crippen molar-refractivity contribution in [1.29, 1.82) is 0 Å². The highest BCUT2D eigenvalue weighted by Gasteiger charge is 2.13. The first-order chi connectivity index (χ1) is 8.22. The number of hydrogen-bond donors (Lipinski definition) is 0. The van der Waals surface area contributed by atoms with Gasteiger partial charge >= 0.3 is 0 Å². The van der Waals surface area contributed by atoms with Gasteiger partial charge in [-0.15, -0.1) is 0 Å². The van der Waals surface area contributed by atoms with Crippen molar-refractivity contribution in [3.63, 3.8) is 0 Å². The lowest BCUT2D eigenvalue weighted by Crippen LogP contribution is -2.09. The Hall–Kier alpha value is -2.03. The van der Waals surface area contributed by atoms with E-state index in [1.54, 1.807) is 12.1 Å². The van der Waals surface area contributed by atoms with Gasteiger partial charge in [-0.3, -0.25) is 9.59 Å². The number of ketones is 2. The maximum Gasteiger partial charge on any atom is 0.171 e. The van der Waals surface area contributed by atoms with Crippen molar-refractivity contribution < 1.29 is 14.0 Å². The zero-order valence-electron chi connectivity index (χ0n) is 9.15. The Balaban J connectivity index is 2.41. The number of fused-ring (bicyclic) bond motifs is 1. The standard InChI is InChI=1S/C14H11FO2/c15-9-11(16)8-14(17)13-7-3-5-10-4-1-2-6-12(10)13/h1-7H,8-9H2. The molecule has 0 atom stereocenters. The Morgan fingerprint density at radius 1 is 1.00 bits per heavy atom. The zero-order chi connectivity index (χ0) is 12.3. The van der Waals surface area contributed by atoms with Crippen LogP contribution in [0.3, 0.4) is 0 Å². The van der Waals surface area contributed by atoms with Crippen LogP contribution in [0.5, 0.6) is 0 Å². The van der Waals surface area contributed by atoms with E-state index < -0.39 is 12.5 Å². The minimum absolute atomic E-state index is 0.329. The summed E-state index contributed by atoms with van der Waals surface area (Å²) in [7, 11) is 0. The molecule has 0 radical (unpaired) electrons. The number of hydrogen-bond acceptors (Lipinski definition) is 2. The van der Waals surface area contributed by atoms with E-state index in [1.807, 2.05) is 30.3 Å². The topological polar surface area (TPSA) is 34.1 Å². The molecule has 0 amide bonds. The Bertz CT molecular complexity index is 570. The monoisotopic (exact) mass is 230 g/mol. The minimum Gasteiger partial charge on any atom is -0.296 e. The lowest BCUT2D eigenvalue weighted by molar-refractivity contribution is -0.119. The molecule has 2 aromatic rings. The molecule has 0 fully saturated rings. The quantitative estimate of drug-likeness (QED) is 0.597. The molecule has 3 heteroatoms. The minimum atomic E-state index is -1.09. The second-order valence-corrected chi connectivity index (χ2v) is 3.80. The second kappa shape index (κ2) is 4.87. The van der Waals surface area contributed by atoms with Crippen molar-refractivity contribution in [3.05, 3.63) is 48.0 Å². The molecule has 0 bridgehead atoms. The van der Waals surface area contributed by atoms with Crippen LogP contribution in [0.4, 0.5) is 4.39 Å². The van der Waals surface area contributed by atoms with Gasteiger partial charge in [-0.25, -0.2) is 4.39 Å². The number of alkyl halides is 1. The summed E-state index contributed by atoms with van der Waals surface area (Å²) in [6.07, 6.45) is -0.371. The van der Waals surface area contributed by atoms with Gasteiger partial charge in [0.05, 0.1) is 6.42 Å². The molecular formula is C14H11FO2. The molecule has 2 aromatic carbocycles. The van der Waals surface area contributed by atoms with Crippen LogP contribution in [-0.4, -0.2) is 18.2 Å². The van der Waals surface area contributed by atoms with E-state index >= 15 is 0 Å². The van der Waals surface area contributed by atoms with Crippen molar-refractivity contribution >= 4 is 22.3 Å². The molecule has 17 heavy (non-hydrogen) atoms. The molecule has 2 nitrogen and oxygen atoms in total. The van der Waals surface area contributed by atoms with E-state index in [4.69, 9.17) is 0 Å². The maximum atomic E-state index is 12.1. The van der Waals surface area contributed by atoms with Crippen LogP contribution in [0.1, 0.15) is 16.8 Å². The normalized spacial score (nSPS) is 10.4. The number of Topliss-reactive ketones (excluding diaryl/α,β-unsaturated/α-hetero) is 2. The van der Waals surface area contributed by atoms with Crippen LogP contribution in [-0.2, 0) is 4.79 Å². The van der Waals surface area contributed by atoms with Gasteiger partial charge in [0, 0.05) is 5.56 Å². The molecule has 0 spiro atoms. The molecule has 0 aromatic heterocycles. The van der Waals surface area contributed by atoms with E-state index in [-0.39, 0.29) is 12.2 Å². The Kier molecular flexibility index (Phi) is 3.28. The molecule has 0 unspecified atom stereocenters. The Morgan fingerprint density at radius 3 is 2.47 bits per heavy atom. The van der Waals surface area contributed by atoms with Gasteiger partial charge in [-0.2, -0.15) is 0 Å². The van der Waals surface area contributed by atoms with E-state index in [0.29, 0.717) is 5.56 Å². The number of carbonyl (C=O) groups excluding carboxylic acids is 2. The summed E-state index contributed by atoms with van der Waals surface area (Å²) < 4.78 is 12.1. The number of halogens is 1. The van der Waals surface area contributed by atoms with Gasteiger partial charge in [0.25, 0.3) is 0 Å². The number of rotatable bonds is 4. The van der Waals surface area contributed by atoms with Crippen LogP contribution < -0.4 is 0 Å². The van der Waals surface area contributed by atoms with E-state index in [1.165, 1.54) is 0 Å². The fraction of sp³-hybridized carbons (Fsp3) is 0.143. The van der Waals surface area contributed by atoms with Crippen molar-refractivity contribution in [3.8, 4) is 0 Å². The van der Waals surface area contributed by atoms with Crippen molar-refractivity contribution in [2.45, 2.75) is 6.42 Å². The van der Waals surface area contributed by atoms with Crippen molar-refractivity contribution in [2.75, 3.05) is 6.67 Å². The smallest absolute Gasteiger partial charge is 0.171 e. The first-order valence-electron chi connectivity index (χ1n) is 5.31. The van der Waals surface area contributed by atoms with Gasteiger partial charge in [0.2, 0.25) is 0 Å². The Morgan fingerprint density at radius 2 is 1.71 bits per heavy atom. The van der Waals surface area contributed by atoms with Crippen molar-refractivity contribution in [1.82, 2.24) is 0 Å². The summed E-state index contributed by atoms with van der Waals surface area (Å²) >= 11 is 0. The second-order valence-electron chi connectivity index (χ2n) is 3.80. The molecular weight excluding hydrogens is 219 g/mol. The van der Waals surface area contributed by atoms with Crippen LogP contribution in [0.2, 0.25) is 0 Å². The summed E-state index contributed by atoms with van der Waals surface area (Å²) in [4.78, 5) is 22.8. The summed E-state index contributed by atoms with van der Waals surface area (Å²) in [6.45, 7) is -1.09. The first-order valence-corrected chi connectivity index (χ1v) is 5.31. The molecule has 0 heterocycles. The number of benzene rings is 2. The fourth-order valence-electron chi connectivity index (χ4n) is 1.79. The summed E-state index contributed by atoms with van der Waals surface area (Å²) in [5.74, 6) is -1.01. The van der Waals surface area contributed by atoms with Gasteiger partial charge < -0.3 is 0 Å². The molecule has 2 rings (SSSR count). The molecule has 0 aliphatic rings. The summed E-state index contributed by atoms with van der Waals surface area (Å²) in [6, 6.07) is 12.7. The predicted molar refractivity (Wildman–Crippen MR) is 63.9 cm³/mol. The van der Waals surface area contributed by atoms with E-state index in [0.717, 1.165) is 10.8 Å². The van der Waals surface area contributed by atoms with Gasteiger partial charge in [0.15, 0.2) is 11.6 Å². The van der Waals surface area contributed by atoms with Gasteiger partial charge in [0.1, 0.15) is 6.67 Å². The maximum absolute atomic E-state index is 12.1. The van der Waals surface area contributed by atoms with Crippen LogP contribution in [0.25, 0.3) is 10.8 Å². The van der Waals surface area contributed by atoms with E-state index in [2.05, 4.69) is 0 Å². The third-order valence-corrected chi connectivity index (χ3v) is 2.60. The third kappa shape index (κ3) is 2.38. The fourth-order valence-corrected chi connectivity index (χ4v) is 1.79. The summed E-state index contributed by atoms with van der Waals surface area (Å²) in [5.41, 5.74) is 0.477. The zero-order valence-corrected chi connectivity index (χ0v) is 9.15. The van der Waals surface area contributed by atoms with E-state index in [9.17, 15) is 14.0 Å². The van der Waals surface area contributed by atoms with Gasteiger partial charge in [-0.1, -0.05) is 42.5 Å². The van der Waals surface area contributed by atoms with Crippen LogP contribution >= 0.6 is 0 Å². The van der Waals surface area contributed by atoms with Crippen molar-refractivity contribution in [2.24, 2.45) is 0 Å². The highest BCUT2D eigenvalue weighted by atomic mass is 19.1. The molecule has 86 valence electrons.